The lowest BCUT2D eigenvalue weighted by Gasteiger charge is -2.06. The molecule has 0 aliphatic rings. The minimum atomic E-state index is -4.32. The third kappa shape index (κ3) is 3.62. The first-order valence-corrected chi connectivity index (χ1v) is 3.99. The van der Waals surface area contributed by atoms with Gasteiger partial charge in [-0.05, 0) is 0 Å². The molecule has 6 nitrogen and oxygen atoms in total. The highest BCUT2D eigenvalue weighted by Crippen LogP contribution is 2.14. The number of nitrogen functional groups attached to an aromatic ring is 2. The number of alkyl halides is 3. The molecular formula is C6H10F3N5O. The summed E-state index contributed by atoms with van der Waals surface area (Å²) in [5.74, 6) is 5.63. The molecular weight excluding hydrogens is 215 g/mol. The number of hydrogen-bond donors (Lipinski definition) is 2. The van der Waals surface area contributed by atoms with Gasteiger partial charge in [0.05, 0.1) is 6.61 Å². The molecule has 1 aromatic heterocycles. The molecule has 0 saturated heterocycles. The van der Waals surface area contributed by atoms with Crippen LogP contribution in [0.2, 0.25) is 0 Å². The van der Waals surface area contributed by atoms with Crippen LogP contribution in [0.5, 0.6) is 0 Å². The molecule has 0 unspecified atom stereocenters. The number of aromatic nitrogens is 3. The molecule has 15 heavy (non-hydrogen) atoms. The van der Waals surface area contributed by atoms with E-state index in [9.17, 15) is 13.2 Å². The topological polar surface area (TPSA) is 92.0 Å². The molecule has 9 heteroatoms. The summed E-state index contributed by atoms with van der Waals surface area (Å²) >= 11 is 0. The van der Waals surface area contributed by atoms with Crippen molar-refractivity contribution in [2.24, 2.45) is 0 Å². The van der Waals surface area contributed by atoms with Gasteiger partial charge in [-0.15, -0.1) is 10.2 Å². The number of nitrogens with zero attached hydrogens (tertiary/aromatic N) is 3. The fourth-order valence-corrected chi connectivity index (χ4v) is 0.859. The van der Waals surface area contributed by atoms with Gasteiger partial charge in [-0.1, -0.05) is 0 Å². The summed E-state index contributed by atoms with van der Waals surface area (Å²) in [4.78, 5) is 0. The second kappa shape index (κ2) is 4.34. The fourth-order valence-electron chi connectivity index (χ4n) is 0.859. The van der Waals surface area contributed by atoms with Crippen molar-refractivity contribution in [3.05, 3.63) is 5.82 Å². The molecule has 1 rings (SSSR count). The molecule has 0 bridgehead atoms. The maximum atomic E-state index is 11.7. The highest BCUT2D eigenvalue weighted by atomic mass is 19.4. The lowest BCUT2D eigenvalue weighted by molar-refractivity contribution is -0.173. The quantitative estimate of drug-likeness (QED) is 0.542. The SMILES string of the molecule is Nc1nnc(CCOCC(F)(F)F)n1N. The summed E-state index contributed by atoms with van der Waals surface area (Å²) in [5, 5.41) is 6.98. The molecule has 0 saturated carbocycles. The van der Waals surface area contributed by atoms with Crippen molar-refractivity contribution in [1.29, 1.82) is 0 Å². The van der Waals surface area contributed by atoms with E-state index in [1.54, 1.807) is 0 Å². The predicted octanol–water partition coefficient (Wildman–Crippen LogP) is -0.305. The number of rotatable bonds is 4. The van der Waals surface area contributed by atoms with Gasteiger partial charge in [0, 0.05) is 6.42 Å². The van der Waals surface area contributed by atoms with Gasteiger partial charge >= 0.3 is 6.18 Å². The molecule has 0 aliphatic heterocycles. The Morgan fingerprint density at radius 3 is 2.47 bits per heavy atom. The number of anilines is 1. The van der Waals surface area contributed by atoms with Crippen LogP contribution in [0.15, 0.2) is 0 Å². The van der Waals surface area contributed by atoms with Crippen molar-refractivity contribution >= 4 is 5.95 Å². The lowest BCUT2D eigenvalue weighted by atomic mass is 10.4. The van der Waals surface area contributed by atoms with Crippen LogP contribution in [0, 0.1) is 0 Å². The van der Waals surface area contributed by atoms with Gasteiger partial charge in [0.1, 0.15) is 6.61 Å². The average Bonchev–Trinajstić information content (AvgIpc) is 2.42. The van der Waals surface area contributed by atoms with Gasteiger partial charge in [0.15, 0.2) is 5.82 Å². The summed E-state index contributed by atoms with van der Waals surface area (Å²) in [7, 11) is 0. The first kappa shape index (κ1) is 11.6. The van der Waals surface area contributed by atoms with Gasteiger partial charge in [-0.2, -0.15) is 13.2 Å². The van der Waals surface area contributed by atoms with Crippen molar-refractivity contribution in [2.45, 2.75) is 12.6 Å². The average molecular weight is 225 g/mol. The summed E-state index contributed by atoms with van der Waals surface area (Å²) in [6, 6.07) is 0. The zero-order valence-electron chi connectivity index (χ0n) is 7.66. The Balaban J connectivity index is 2.30. The highest BCUT2D eigenvalue weighted by Gasteiger charge is 2.27. The van der Waals surface area contributed by atoms with Crippen molar-refractivity contribution < 1.29 is 17.9 Å². The Labute approximate surface area is 83.0 Å². The summed E-state index contributed by atoms with van der Waals surface area (Å²) in [6.07, 6.45) is -4.20. The van der Waals surface area contributed by atoms with E-state index in [0.29, 0.717) is 0 Å². The van der Waals surface area contributed by atoms with E-state index >= 15 is 0 Å². The number of halogens is 3. The Morgan fingerprint density at radius 2 is 2.00 bits per heavy atom. The van der Waals surface area contributed by atoms with Crippen molar-refractivity contribution in [1.82, 2.24) is 14.9 Å². The largest absolute Gasteiger partial charge is 0.411 e. The van der Waals surface area contributed by atoms with E-state index in [-0.39, 0.29) is 24.8 Å². The van der Waals surface area contributed by atoms with Crippen molar-refractivity contribution in [3.63, 3.8) is 0 Å². The molecule has 0 spiro atoms. The molecule has 1 heterocycles. The van der Waals surface area contributed by atoms with Crippen LogP contribution < -0.4 is 11.6 Å². The third-order valence-corrected chi connectivity index (χ3v) is 1.53. The van der Waals surface area contributed by atoms with Crippen molar-refractivity contribution in [2.75, 3.05) is 24.8 Å². The van der Waals surface area contributed by atoms with E-state index < -0.39 is 12.8 Å². The monoisotopic (exact) mass is 225 g/mol. The Bertz CT molecular complexity index is 323. The lowest BCUT2D eigenvalue weighted by Crippen LogP contribution is -2.20. The van der Waals surface area contributed by atoms with E-state index in [0.717, 1.165) is 4.68 Å². The molecule has 1 aromatic rings. The Hall–Kier alpha value is -1.51. The third-order valence-electron chi connectivity index (χ3n) is 1.53. The first-order valence-electron chi connectivity index (χ1n) is 3.99. The Morgan fingerprint density at radius 1 is 1.33 bits per heavy atom. The van der Waals surface area contributed by atoms with Crippen LogP contribution >= 0.6 is 0 Å². The summed E-state index contributed by atoms with van der Waals surface area (Å²) in [6.45, 7) is -1.43. The van der Waals surface area contributed by atoms with E-state index in [4.69, 9.17) is 11.6 Å². The molecule has 0 atom stereocenters. The standard InChI is InChI=1S/C6H10F3N5O/c7-6(8,9)3-15-2-1-4-12-13-5(10)14(4)11/h1-3,11H2,(H2,10,13). The van der Waals surface area contributed by atoms with Crippen LogP contribution in [0.25, 0.3) is 0 Å². The summed E-state index contributed by atoms with van der Waals surface area (Å²) < 4.78 is 40.3. The minimum Gasteiger partial charge on any atom is -0.372 e. The maximum Gasteiger partial charge on any atom is 0.411 e. The number of ether oxygens (including phenoxy) is 1. The number of nitrogens with two attached hydrogens (primary N) is 2. The smallest absolute Gasteiger partial charge is 0.372 e. The highest BCUT2D eigenvalue weighted by molar-refractivity contribution is 5.16. The zero-order chi connectivity index (χ0) is 11.5. The molecule has 0 radical (unpaired) electrons. The zero-order valence-corrected chi connectivity index (χ0v) is 7.66. The van der Waals surface area contributed by atoms with Gasteiger partial charge in [-0.25, -0.2) is 4.68 Å². The second-order valence-corrected chi connectivity index (χ2v) is 2.76. The van der Waals surface area contributed by atoms with Crippen LogP contribution in [-0.2, 0) is 11.2 Å². The molecule has 0 amide bonds. The van der Waals surface area contributed by atoms with Crippen LogP contribution in [0.3, 0.4) is 0 Å². The number of hydrogen-bond acceptors (Lipinski definition) is 5. The van der Waals surface area contributed by atoms with Gasteiger partial charge in [0.2, 0.25) is 5.95 Å². The van der Waals surface area contributed by atoms with E-state index in [1.807, 2.05) is 0 Å². The second-order valence-electron chi connectivity index (χ2n) is 2.76. The van der Waals surface area contributed by atoms with Gasteiger partial charge in [0.25, 0.3) is 0 Å². The van der Waals surface area contributed by atoms with E-state index in [1.165, 1.54) is 0 Å². The molecule has 86 valence electrons. The molecule has 0 aliphatic carbocycles. The molecule has 0 aromatic carbocycles. The predicted molar refractivity (Wildman–Crippen MR) is 45.2 cm³/mol. The Kier molecular flexibility index (Phi) is 3.35. The molecule has 0 fully saturated rings. The van der Waals surface area contributed by atoms with Crippen LogP contribution in [-0.4, -0.2) is 34.3 Å². The molecule has 4 N–H and O–H groups in total. The maximum absolute atomic E-state index is 11.7. The first-order chi connectivity index (χ1) is 6.90. The summed E-state index contributed by atoms with van der Waals surface area (Å²) in [5.41, 5.74) is 5.26. The fraction of sp³-hybridized carbons (Fsp3) is 0.667. The van der Waals surface area contributed by atoms with Crippen LogP contribution in [0.1, 0.15) is 5.82 Å². The van der Waals surface area contributed by atoms with Gasteiger partial charge < -0.3 is 16.3 Å². The van der Waals surface area contributed by atoms with Crippen LogP contribution in [0.4, 0.5) is 19.1 Å². The normalized spacial score (nSPS) is 11.9. The van der Waals surface area contributed by atoms with Crippen molar-refractivity contribution in [3.8, 4) is 0 Å². The van der Waals surface area contributed by atoms with E-state index in [2.05, 4.69) is 14.9 Å². The van der Waals surface area contributed by atoms with Gasteiger partial charge in [-0.3, -0.25) is 0 Å². The minimum absolute atomic E-state index is 0.000761.